The largest absolute Gasteiger partial charge is 0.496 e. The summed E-state index contributed by atoms with van der Waals surface area (Å²) in [5, 5.41) is 3.53. The molecule has 1 heterocycles. The van der Waals surface area contributed by atoms with Crippen molar-refractivity contribution in [2.75, 3.05) is 14.2 Å². The van der Waals surface area contributed by atoms with Gasteiger partial charge in [-0.25, -0.2) is 0 Å². The Hall–Kier alpha value is -2.07. The molecule has 4 nitrogen and oxygen atoms in total. The zero-order chi connectivity index (χ0) is 14.7. The molecule has 4 heteroatoms. The SMILES string of the molecule is COc1cncc(-c2ccc(OC)c(CNC3CC3)c2)c1. The smallest absolute Gasteiger partial charge is 0.137 e. The van der Waals surface area contributed by atoms with Crippen LogP contribution in [0.15, 0.2) is 36.7 Å². The minimum atomic E-state index is 0.678. The zero-order valence-electron chi connectivity index (χ0n) is 12.4. The van der Waals surface area contributed by atoms with Crippen LogP contribution >= 0.6 is 0 Å². The summed E-state index contributed by atoms with van der Waals surface area (Å²) in [5.41, 5.74) is 3.34. The van der Waals surface area contributed by atoms with E-state index in [0.717, 1.165) is 29.2 Å². The standard InChI is InChI=1S/C17H20N2O2/c1-20-16-8-13(9-18-11-16)12-3-6-17(21-2)14(7-12)10-19-15-4-5-15/h3,6-9,11,15,19H,4-5,10H2,1-2H3. The summed E-state index contributed by atoms with van der Waals surface area (Å²) in [4.78, 5) is 4.22. The van der Waals surface area contributed by atoms with Crippen LogP contribution < -0.4 is 14.8 Å². The van der Waals surface area contributed by atoms with Gasteiger partial charge in [0.05, 0.1) is 20.4 Å². The maximum atomic E-state index is 5.45. The number of methoxy groups -OCH3 is 2. The molecule has 0 unspecified atom stereocenters. The van der Waals surface area contributed by atoms with Crippen LogP contribution in [0.5, 0.6) is 11.5 Å². The number of benzene rings is 1. The van der Waals surface area contributed by atoms with Crippen LogP contribution in [0.4, 0.5) is 0 Å². The molecule has 2 aromatic rings. The molecule has 0 spiro atoms. The third kappa shape index (κ3) is 3.34. The molecule has 1 aliphatic carbocycles. The average Bonchev–Trinajstić information content (AvgIpc) is 3.37. The highest BCUT2D eigenvalue weighted by molar-refractivity contribution is 5.66. The van der Waals surface area contributed by atoms with Crippen LogP contribution in [-0.4, -0.2) is 25.2 Å². The molecular formula is C17H20N2O2. The third-order valence-electron chi connectivity index (χ3n) is 3.72. The minimum absolute atomic E-state index is 0.678. The lowest BCUT2D eigenvalue weighted by Gasteiger charge is -2.12. The molecule has 0 amide bonds. The molecule has 3 rings (SSSR count). The van der Waals surface area contributed by atoms with Crippen molar-refractivity contribution in [3.8, 4) is 22.6 Å². The third-order valence-corrected chi connectivity index (χ3v) is 3.72. The maximum Gasteiger partial charge on any atom is 0.137 e. The van der Waals surface area contributed by atoms with Crippen molar-refractivity contribution in [1.29, 1.82) is 0 Å². The van der Waals surface area contributed by atoms with Gasteiger partial charge in [0.1, 0.15) is 11.5 Å². The molecule has 1 fully saturated rings. The first kappa shape index (κ1) is 13.9. The van der Waals surface area contributed by atoms with Gasteiger partial charge in [0.2, 0.25) is 0 Å². The lowest BCUT2D eigenvalue weighted by Crippen LogP contribution is -2.15. The topological polar surface area (TPSA) is 43.4 Å². The summed E-state index contributed by atoms with van der Waals surface area (Å²) >= 11 is 0. The predicted octanol–water partition coefficient (Wildman–Crippen LogP) is 3.02. The number of ether oxygens (including phenoxy) is 2. The van der Waals surface area contributed by atoms with Crippen molar-refractivity contribution in [2.24, 2.45) is 0 Å². The molecule has 1 saturated carbocycles. The van der Waals surface area contributed by atoms with Gasteiger partial charge in [-0.2, -0.15) is 0 Å². The van der Waals surface area contributed by atoms with E-state index in [1.807, 2.05) is 18.3 Å². The van der Waals surface area contributed by atoms with Gasteiger partial charge in [-0.05, 0) is 36.6 Å². The Bertz CT molecular complexity index is 624. The number of hydrogen-bond donors (Lipinski definition) is 1. The van der Waals surface area contributed by atoms with E-state index in [2.05, 4.69) is 22.4 Å². The van der Waals surface area contributed by atoms with Crippen LogP contribution in [-0.2, 0) is 6.54 Å². The van der Waals surface area contributed by atoms with Gasteiger partial charge < -0.3 is 14.8 Å². The summed E-state index contributed by atoms with van der Waals surface area (Å²) in [7, 11) is 3.36. The number of aromatic nitrogens is 1. The van der Waals surface area contributed by atoms with Crippen molar-refractivity contribution < 1.29 is 9.47 Å². The van der Waals surface area contributed by atoms with E-state index in [0.29, 0.717) is 6.04 Å². The van der Waals surface area contributed by atoms with Crippen LogP contribution in [0.3, 0.4) is 0 Å². The molecule has 0 radical (unpaired) electrons. The van der Waals surface area contributed by atoms with E-state index < -0.39 is 0 Å². The van der Waals surface area contributed by atoms with E-state index in [1.165, 1.54) is 18.4 Å². The number of rotatable bonds is 6. The van der Waals surface area contributed by atoms with Crippen molar-refractivity contribution >= 4 is 0 Å². The summed E-state index contributed by atoms with van der Waals surface area (Å²) in [5.74, 6) is 1.68. The zero-order valence-corrected chi connectivity index (χ0v) is 12.4. The van der Waals surface area contributed by atoms with Gasteiger partial charge in [-0.1, -0.05) is 6.07 Å². The summed E-state index contributed by atoms with van der Waals surface area (Å²) in [6, 6.07) is 8.89. The fourth-order valence-corrected chi connectivity index (χ4v) is 2.33. The lowest BCUT2D eigenvalue weighted by molar-refractivity contribution is 0.407. The Balaban J connectivity index is 1.88. The van der Waals surface area contributed by atoms with Gasteiger partial charge in [-0.3, -0.25) is 4.98 Å². The second-order valence-electron chi connectivity index (χ2n) is 5.30. The van der Waals surface area contributed by atoms with Crippen molar-refractivity contribution in [3.05, 3.63) is 42.2 Å². The van der Waals surface area contributed by atoms with Gasteiger partial charge in [0.15, 0.2) is 0 Å². The fraction of sp³-hybridized carbons (Fsp3) is 0.353. The predicted molar refractivity (Wildman–Crippen MR) is 82.6 cm³/mol. The van der Waals surface area contributed by atoms with E-state index in [1.54, 1.807) is 20.4 Å². The molecule has 1 aromatic heterocycles. The second kappa shape index (κ2) is 6.14. The Morgan fingerprint density at radius 2 is 1.95 bits per heavy atom. The van der Waals surface area contributed by atoms with E-state index >= 15 is 0 Å². The number of pyridine rings is 1. The van der Waals surface area contributed by atoms with Gasteiger partial charge in [-0.15, -0.1) is 0 Å². The molecule has 0 saturated heterocycles. The van der Waals surface area contributed by atoms with Crippen LogP contribution in [0, 0.1) is 0 Å². The molecule has 110 valence electrons. The number of hydrogen-bond acceptors (Lipinski definition) is 4. The Labute approximate surface area is 125 Å². The molecule has 21 heavy (non-hydrogen) atoms. The number of nitrogens with one attached hydrogen (secondary N) is 1. The molecule has 0 aliphatic heterocycles. The van der Waals surface area contributed by atoms with Gasteiger partial charge in [0.25, 0.3) is 0 Å². The highest BCUT2D eigenvalue weighted by Gasteiger charge is 2.20. The van der Waals surface area contributed by atoms with E-state index in [9.17, 15) is 0 Å². The molecule has 0 bridgehead atoms. The highest BCUT2D eigenvalue weighted by Crippen LogP contribution is 2.29. The molecule has 1 aromatic carbocycles. The first-order valence-electron chi connectivity index (χ1n) is 7.20. The van der Waals surface area contributed by atoms with Crippen LogP contribution in [0.25, 0.3) is 11.1 Å². The van der Waals surface area contributed by atoms with E-state index in [-0.39, 0.29) is 0 Å². The number of nitrogens with zero attached hydrogens (tertiary/aromatic N) is 1. The first-order chi connectivity index (χ1) is 10.3. The average molecular weight is 284 g/mol. The molecule has 1 aliphatic rings. The molecule has 1 N–H and O–H groups in total. The minimum Gasteiger partial charge on any atom is -0.496 e. The van der Waals surface area contributed by atoms with Crippen LogP contribution in [0.2, 0.25) is 0 Å². The Kier molecular flexibility index (Phi) is 4.06. The Morgan fingerprint density at radius 1 is 1.10 bits per heavy atom. The van der Waals surface area contributed by atoms with Crippen molar-refractivity contribution in [1.82, 2.24) is 10.3 Å². The molecular weight excluding hydrogens is 264 g/mol. The molecule has 0 atom stereocenters. The van der Waals surface area contributed by atoms with Crippen molar-refractivity contribution in [3.63, 3.8) is 0 Å². The van der Waals surface area contributed by atoms with Gasteiger partial charge >= 0.3 is 0 Å². The summed E-state index contributed by atoms with van der Waals surface area (Å²) < 4.78 is 10.7. The quantitative estimate of drug-likeness (QED) is 0.885. The lowest BCUT2D eigenvalue weighted by atomic mass is 10.0. The van der Waals surface area contributed by atoms with E-state index in [4.69, 9.17) is 9.47 Å². The summed E-state index contributed by atoms with van der Waals surface area (Å²) in [6.45, 7) is 0.832. The van der Waals surface area contributed by atoms with Crippen LogP contribution in [0.1, 0.15) is 18.4 Å². The summed E-state index contributed by atoms with van der Waals surface area (Å²) in [6.07, 6.45) is 6.12. The highest BCUT2D eigenvalue weighted by atomic mass is 16.5. The Morgan fingerprint density at radius 3 is 2.67 bits per heavy atom. The normalized spacial score (nSPS) is 14.0. The first-order valence-corrected chi connectivity index (χ1v) is 7.20. The fourth-order valence-electron chi connectivity index (χ4n) is 2.33. The second-order valence-corrected chi connectivity index (χ2v) is 5.30. The van der Waals surface area contributed by atoms with Crippen molar-refractivity contribution in [2.45, 2.75) is 25.4 Å². The maximum absolute atomic E-state index is 5.45. The monoisotopic (exact) mass is 284 g/mol. The van der Waals surface area contributed by atoms with Gasteiger partial charge in [0, 0.05) is 29.9 Å².